The SMILES string of the molecule is CC1CN(c2ccncc2NC(=O)c2nc(-c3c(F)cccc3P)ccc2F)CC(N)C1O. The number of halogens is 2. The van der Waals surface area contributed by atoms with E-state index in [4.69, 9.17) is 5.73 Å². The molecule has 7 nitrogen and oxygen atoms in total. The normalized spacial score (nSPS) is 20.5. The van der Waals surface area contributed by atoms with Gasteiger partial charge in [-0.2, -0.15) is 0 Å². The fraction of sp³-hybridized carbons (Fsp3) is 0.261. The molecule has 4 N–H and O–H groups in total. The third-order valence-electron chi connectivity index (χ3n) is 5.71. The number of hydrogen-bond donors (Lipinski definition) is 3. The first-order chi connectivity index (χ1) is 15.8. The number of nitrogens with zero attached hydrogens (tertiary/aromatic N) is 3. The quantitative estimate of drug-likeness (QED) is 0.505. The number of anilines is 2. The number of hydrogen-bond acceptors (Lipinski definition) is 6. The van der Waals surface area contributed by atoms with Crippen molar-refractivity contribution >= 4 is 31.8 Å². The highest BCUT2D eigenvalue weighted by Crippen LogP contribution is 2.30. The number of carbonyl (C=O) groups is 1. The zero-order valence-electron chi connectivity index (χ0n) is 17.9. The van der Waals surface area contributed by atoms with E-state index in [-0.39, 0.29) is 17.2 Å². The van der Waals surface area contributed by atoms with Gasteiger partial charge in [0.15, 0.2) is 11.5 Å². The maximum absolute atomic E-state index is 14.5. The third-order valence-corrected chi connectivity index (χ3v) is 6.19. The Morgan fingerprint density at radius 2 is 2.00 bits per heavy atom. The Labute approximate surface area is 192 Å². The van der Waals surface area contributed by atoms with Gasteiger partial charge in [0.2, 0.25) is 0 Å². The van der Waals surface area contributed by atoms with Crippen molar-refractivity contribution in [2.24, 2.45) is 11.7 Å². The molecule has 1 amide bonds. The third kappa shape index (κ3) is 4.71. The maximum atomic E-state index is 14.5. The lowest BCUT2D eigenvalue weighted by atomic mass is 9.92. The first-order valence-corrected chi connectivity index (χ1v) is 11.0. The first kappa shape index (κ1) is 23.2. The molecule has 1 fully saturated rings. The van der Waals surface area contributed by atoms with Gasteiger partial charge in [-0.25, -0.2) is 13.8 Å². The van der Waals surface area contributed by atoms with Crippen molar-refractivity contribution in [1.82, 2.24) is 9.97 Å². The summed E-state index contributed by atoms with van der Waals surface area (Å²) in [6.07, 6.45) is 2.40. The van der Waals surface area contributed by atoms with E-state index in [2.05, 4.69) is 24.5 Å². The molecule has 10 heteroatoms. The molecule has 33 heavy (non-hydrogen) atoms. The van der Waals surface area contributed by atoms with Crippen molar-refractivity contribution in [3.63, 3.8) is 0 Å². The Morgan fingerprint density at radius 1 is 1.21 bits per heavy atom. The van der Waals surface area contributed by atoms with Crippen molar-refractivity contribution in [1.29, 1.82) is 0 Å². The van der Waals surface area contributed by atoms with Crippen molar-refractivity contribution in [2.45, 2.75) is 19.1 Å². The van der Waals surface area contributed by atoms with E-state index in [1.165, 1.54) is 18.3 Å². The fourth-order valence-corrected chi connectivity index (χ4v) is 4.40. The molecule has 0 radical (unpaired) electrons. The van der Waals surface area contributed by atoms with Gasteiger partial charge in [0.05, 0.1) is 29.4 Å². The molecule has 2 aromatic heterocycles. The van der Waals surface area contributed by atoms with Crippen LogP contribution in [-0.2, 0) is 0 Å². The summed E-state index contributed by atoms with van der Waals surface area (Å²) in [6.45, 7) is 2.79. The van der Waals surface area contributed by atoms with Gasteiger partial charge >= 0.3 is 0 Å². The average Bonchev–Trinajstić information content (AvgIpc) is 2.78. The number of amides is 1. The summed E-state index contributed by atoms with van der Waals surface area (Å²) in [5, 5.41) is 13.4. The number of nitrogens with one attached hydrogen (secondary N) is 1. The van der Waals surface area contributed by atoms with Crippen molar-refractivity contribution in [3.8, 4) is 11.3 Å². The predicted octanol–water partition coefficient (Wildman–Crippen LogP) is 2.32. The van der Waals surface area contributed by atoms with Gasteiger partial charge in [-0.05, 0) is 29.6 Å². The lowest BCUT2D eigenvalue weighted by molar-refractivity contribution is 0.0785. The Balaban J connectivity index is 1.64. The first-order valence-electron chi connectivity index (χ1n) is 10.4. The molecular weight excluding hydrogens is 447 g/mol. The number of piperidine rings is 1. The van der Waals surface area contributed by atoms with Crippen molar-refractivity contribution in [3.05, 3.63) is 66.1 Å². The van der Waals surface area contributed by atoms with Gasteiger partial charge in [0.25, 0.3) is 5.91 Å². The highest BCUT2D eigenvalue weighted by molar-refractivity contribution is 7.28. The molecule has 1 aromatic carbocycles. The molecule has 0 bridgehead atoms. The van der Waals surface area contributed by atoms with Gasteiger partial charge in [-0.15, -0.1) is 9.24 Å². The van der Waals surface area contributed by atoms with Crippen LogP contribution < -0.4 is 21.3 Å². The molecule has 4 unspecified atom stereocenters. The van der Waals surface area contributed by atoms with E-state index in [1.54, 1.807) is 24.4 Å². The maximum Gasteiger partial charge on any atom is 0.277 e. The van der Waals surface area contributed by atoms with Gasteiger partial charge in [0, 0.05) is 36.8 Å². The molecule has 172 valence electrons. The molecule has 0 saturated carbocycles. The molecule has 0 spiro atoms. The van der Waals surface area contributed by atoms with Crippen LogP contribution in [0.25, 0.3) is 11.3 Å². The summed E-state index contributed by atoms with van der Waals surface area (Å²) in [6, 6.07) is 8.18. The standard InChI is InChI=1S/C23H24F2N5O2P/c1-12-10-30(11-15(26)22(12)31)18-7-8-27-9-17(18)29-23(32)21-14(25)5-6-16(28-21)20-13(24)3-2-4-19(20)33/h2-9,12,15,22,31H,10-11,26,33H2,1H3,(H,29,32). The highest BCUT2D eigenvalue weighted by atomic mass is 31.0. The van der Waals surface area contributed by atoms with Crippen LogP contribution in [0.4, 0.5) is 20.2 Å². The van der Waals surface area contributed by atoms with E-state index < -0.39 is 35.4 Å². The molecule has 1 saturated heterocycles. The van der Waals surface area contributed by atoms with Gasteiger partial charge < -0.3 is 21.1 Å². The molecule has 1 aliphatic rings. The summed E-state index contributed by atoms with van der Waals surface area (Å²) in [5.74, 6) is -2.23. The van der Waals surface area contributed by atoms with E-state index >= 15 is 0 Å². The molecule has 4 rings (SSSR count). The fourth-order valence-electron chi connectivity index (χ4n) is 4.00. The number of nitrogens with two attached hydrogens (primary N) is 1. The van der Waals surface area contributed by atoms with E-state index in [0.717, 1.165) is 6.07 Å². The topological polar surface area (TPSA) is 104 Å². The number of aliphatic hydroxyl groups is 1. The Kier molecular flexibility index (Phi) is 6.65. The molecule has 4 atom stereocenters. The minimum atomic E-state index is -0.833. The van der Waals surface area contributed by atoms with E-state index in [0.29, 0.717) is 29.8 Å². The van der Waals surface area contributed by atoms with Crippen molar-refractivity contribution < 1.29 is 18.7 Å². The number of rotatable bonds is 4. The van der Waals surface area contributed by atoms with Crippen LogP contribution in [0, 0.1) is 17.6 Å². The lowest BCUT2D eigenvalue weighted by Gasteiger charge is -2.40. The molecule has 0 aliphatic carbocycles. The average molecular weight is 471 g/mol. The molecule has 1 aliphatic heterocycles. The number of carbonyl (C=O) groups excluding carboxylic acids is 1. The summed E-state index contributed by atoms with van der Waals surface area (Å²) in [4.78, 5) is 23.1. The summed E-state index contributed by atoms with van der Waals surface area (Å²) in [5.41, 5.74) is 6.91. The van der Waals surface area contributed by atoms with Crippen LogP contribution in [0.5, 0.6) is 0 Å². The van der Waals surface area contributed by atoms with Crippen LogP contribution in [0.15, 0.2) is 48.8 Å². The largest absolute Gasteiger partial charge is 0.391 e. The van der Waals surface area contributed by atoms with Crippen LogP contribution in [0.1, 0.15) is 17.4 Å². The predicted molar refractivity (Wildman–Crippen MR) is 126 cm³/mol. The summed E-state index contributed by atoms with van der Waals surface area (Å²) in [7, 11) is 2.41. The zero-order valence-corrected chi connectivity index (χ0v) is 19.0. The van der Waals surface area contributed by atoms with E-state index in [9.17, 15) is 18.7 Å². The Hall–Kier alpha value is -3.00. The van der Waals surface area contributed by atoms with E-state index in [1.807, 2.05) is 11.8 Å². The zero-order chi connectivity index (χ0) is 23.7. The Bertz CT molecular complexity index is 1160. The van der Waals surface area contributed by atoms with Crippen molar-refractivity contribution in [2.75, 3.05) is 23.3 Å². The smallest absolute Gasteiger partial charge is 0.277 e. The molecule has 3 aromatic rings. The lowest BCUT2D eigenvalue weighted by Crippen LogP contribution is -2.55. The molecular formula is C23H24F2N5O2P. The second-order valence-electron chi connectivity index (χ2n) is 8.11. The number of aliphatic hydroxyl groups excluding tert-OH is 1. The minimum Gasteiger partial charge on any atom is -0.391 e. The van der Waals surface area contributed by atoms with Gasteiger partial charge in [-0.1, -0.05) is 19.1 Å². The minimum absolute atomic E-state index is 0.0804. The summed E-state index contributed by atoms with van der Waals surface area (Å²) >= 11 is 0. The monoisotopic (exact) mass is 471 g/mol. The summed E-state index contributed by atoms with van der Waals surface area (Å²) < 4.78 is 28.9. The molecule has 3 heterocycles. The van der Waals surface area contributed by atoms with Gasteiger partial charge in [0.1, 0.15) is 5.82 Å². The van der Waals surface area contributed by atoms with Crippen LogP contribution in [-0.4, -0.2) is 46.2 Å². The second kappa shape index (κ2) is 9.47. The van der Waals surface area contributed by atoms with Gasteiger partial charge in [-0.3, -0.25) is 9.78 Å². The number of pyridine rings is 2. The second-order valence-corrected chi connectivity index (χ2v) is 8.74. The Morgan fingerprint density at radius 3 is 2.73 bits per heavy atom. The van der Waals surface area contributed by atoms with Crippen LogP contribution >= 0.6 is 9.24 Å². The van der Waals surface area contributed by atoms with Crippen LogP contribution in [0.2, 0.25) is 0 Å². The van der Waals surface area contributed by atoms with Crippen LogP contribution in [0.3, 0.4) is 0 Å². The number of benzene rings is 1. The highest BCUT2D eigenvalue weighted by Gasteiger charge is 2.32. The number of aromatic nitrogens is 2.